The highest BCUT2D eigenvalue weighted by molar-refractivity contribution is 7.92. The number of rotatable bonds is 7. The number of sulfonamides is 1. The second kappa shape index (κ2) is 8.30. The lowest BCUT2D eigenvalue weighted by Crippen LogP contribution is -2.31. The lowest BCUT2D eigenvalue weighted by atomic mass is 10.1. The molecule has 2 aromatic carbocycles. The minimum absolute atomic E-state index is 0.132. The number of anilines is 1. The third-order valence-electron chi connectivity index (χ3n) is 4.10. The Bertz CT molecular complexity index is 924. The van der Waals surface area contributed by atoms with Crippen LogP contribution in [0.15, 0.2) is 41.3 Å². The summed E-state index contributed by atoms with van der Waals surface area (Å²) in [6.07, 6.45) is 0. The lowest BCUT2D eigenvalue weighted by Gasteiger charge is -2.23. The summed E-state index contributed by atoms with van der Waals surface area (Å²) in [6.45, 7) is 4.06. The van der Waals surface area contributed by atoms with Crippen LogP contribution in [0.5, 0.6) is 11.5 Å². The summed E-state index contributed by atoms with van der Waals surface area (Å²) in [4.78, 5) is 12.6. The molecule has 0 fully saturated rings. The van der Waals surface area contributed by atoms with Crippen LogP contribution in [0.25, 0.3) is 0 Å². The van der Waals surface area contributed by atoms with Crippen molar-refractivity contribution in [2.24, 2.45) is 0 Å². The number of benzene rings is 2. The molecule has 0 heterocycles. The first-order chi connectivity index (χ1) is 12.8. The summed E-state index contributed by atoms with van der Waals surface area (Å²) < 4.78 is 37.7. The molecule has 0 saturated carbocycles. The second-order valence-electron chi connectivity index (χ2n) is 5.87. The zero-order valence-corrected chi connectivity index (χ0v) is 16.9. The maximum absolute atomic E-state index is 13.1. The normalized spacial score (nSPS) is 11.0. The predicted octanol–water partition coefficient (Wildman–Crippen LogP) is 2.59. The summed E-state index contributed by atoms with van der Waals surface area (Å²) in [5.41, 5.74) is 1.32. The fourth-order valence-corrected chi connectivity index (χ4v) is 3.77. The Morgan fingerprint density at radius 3 is 2.15 bits per heavy atom. The summed E-state index contributed by atoms with van der Waals surface area (Å²) in [5, 5.41) is 2.69. The van der Waals surface area contributed by atoms with E-state index in [0.717, 1.165) is 9.87 Å². The van der Waals surface area contributed by atoms with Crippen molar-refractivity contribution in [3.63, 3.8) is 0 Å². The first-order valence-corrected chi connectivity index (χ1v) is 9.80. The molecule has 0 atom stereocenters. The summed E-state index contributed by atoms with van der Waals surface area (Å²) in [5.74, 6) is 0.259. The number of ether oxygens (including phenoxy) is 2. The van der Waals surface area contributed by atoms with E-state index in [-0.39, 0.29) is 16.1 Å². The molecule has 2 rings (SSSR count). The predicted molar refractivity (Wildman–Crippen MR) is 104 cm³/mol. The number of nitrogens with one attached hydrogen (secondary N) is 1. The number of carbonyl (C=O) groups is 1. The first kappa shape index (κ1) is 20.6. The van der Waals surface area contributed by atoms with Crippen LogP contribution in [0.4, 0.5) is 5.69 Å². The number of amides is 1. The van der Waals surface area contributed by atoms with Crippen molar-refractivity contribution in [1.82, 2.24) is 5.32 Å². The first-order valence-electron chi connectivity index (χ1n) is 8.36. The standard InChI is InChI=1S/C19H24N2O5S/c1-6-20-19(22)15-11-17(25-4)18(26-5)12-16(15)21(3)27(23,24)14-9-7-13(2)8-10-14/h7-12H,6H2,1-5H3,(H,20,22). The molecule has 0 saturated heterocycles. The van der Waals surface area contributed by atoms with E-state index in [1.54, 1.807) is 19.1 Å². The van der Waals surface area contributed by atoms with Gasteiger partial charge in [-0.1, -0.05) is 17.7 Å². The van der Waals surface area contributed by atoms with Crippen LogP contribution in [0, 0.1) is 6.92 Å². The van der Waals surface area contributed by atoms with Crippen LogP contribution < -0.4 is 19.1 Å². The van der Waals surface area contributed by atoms with Crippen LogP contribution in [-0.4, -0.2) is 42.1 Å². The number of carbonyl (C=O) groups excluding carboxylic acids is 1. The molecule has 2 aromatic rings. The molecule has 7 nitrogen and oxygen atoms in total. The van der Waals surface area contributed by atoms with Gasteiger partial charge in [-0.3, -0.25) is 9.10 Å². The largest absolute Gasteiger partial charge is 0.493 e. The highest BCUT2D eigenvalue weighted by atomic mass is 32.2. The maximum atomic E-state index is 13.1. The van der Waals surface area contributed by atoms with Crippen molar-refractivity contribution in [3.8, 4) is 11.5 Å². The van der Waals surface area contributed by atoms with Gasteiger partial charge in [0.15, 0.2) is 11.5 Å². The van der Waals surface area contributed by atoms with E-state index < -0.39 is 15.9 Å². The van der Waals surface area contributed by atoms with Gasteiger partial charge in [-0.05, 0) is 32.0 Å². The van der Waals surface area contributed by atoms with Gasteiger partial charge in [0, 0.05) is 19.7 Å². The number of hydrogen-bond donors (Lipinski definition) is 1. The molecule has 0 aromatic heterocycles. The Hall–Kier alpha value is -2.74. The lowest BCUT2D eigenvalue weighted by molar-refractivity contribution is 0.0956. The molecule has 27 heavy (non-hydrogen) atoms. The minimum Gasteiger partial charge on any atom is -0.493 e. The Morgan fingerprint density at radius 1 is 1.07 bits per heavy atom. The Balaban J connectivity index is 2.63. The van der Waals surface area contributed by atoms with E-state index in [1.165, 1.54) is 45.5 Å². The van der Waals surface area contributed by atoms with Crippen molar-refractivity contribution < 1.29 is 22.7 Å². The van der Waals surface area contributed by atoms with Crippen molar-refractivity contribution in [1.29, 1.82) is 0 Å². The quantitative estimate of drug-likeness (QED) is 0.783. The van der Waals surface area contributed by atoms with Crippen molar-refractivity contribution in [2.45, 2.75) is 18.7 Å². The molecule has 0 radical (unpaired) electrons. The average molecular weight is 392 g/mol. The van der Waals surface area contributed by atoms with Crippen molar-refractivity contribution in [3.05, 3.63) is 47.5 Å². The fraction of sp³-hybridized carbons (Fsp3) is 0.316. The molecule has 0 bridgehead atoms. The monoisotopic (exact) mass is 392 g/mol. The van der Waals surface area contributed by atoms with Gasteiger partial charge >= 0.3 is 0 Å². The van der Waals surface area contributed by atoms with E-state index in [2.05, 4.69) is 5.32 Å². The SMILES string of the molecule is CCNC(=O)c1cc(OC)c(OC)cc1N(C)S(=O)(=O)c1ccc(C)cc1. The van der Waals surface area contributed by atoms with E-state index in [4.69, 9.17) is 9.47 Å². The van der Waals surface area contributed by atoms with E-state index in [0.29, 0.717) is 18.0 Å². The van der Waals surface area contributed by atoms with E-state index in [1.807, 2.05) is 6.92 Å². The zero-order chi connectivity index (χ0) is 20.2. The van der Waals surface area contributed by atoms with E-state index in [9.17, 15) is 13.2 Å². The van der Waals surface area contributed by atoms with Crippen molar-refractivity contribution in [2.75, 3.05) is 32.1 Å². The third kappa shape index (κ3) is 4.16. The summed E-state index contributed by atoms with van der Waals surface area (Å²) in [6, 6.07) is 9.47. The van der Waals surface area contributed by atoms with Gasteiger partial charge in [0.25, 0.3) is 15.9 Å². The number of methoxy groups -OCH3 is 2. The molecule has 0 spiro atoms. The molecule has 0 aliphatic heterocycles. The average Bonchev–Trinajstić information content (AvgIpc) is 2.66. The van der Waals surface area contributed by atoms with Crippen molar-refractivity contribution >= 4 is 21.6 Å². The van der Waals surface area contributed by atoms with Gasteiger partial charge < -0.3 is 14.8 Å². The highest BCUT2D eigenvalue weighted by Gasteiger charge is 2.27. The molecule has 0 aliphatic rings. The Labute approximate surface area is 160 Å². The second-order valence-corrected chi connectivity index (χ2v) is 7.84. The van der Waals surface area contributed by atoms with Crippen LogP contribution in [0.3, 0.4) is 0 Å². The number of aryl methyl sites for hydroxylation is 1. The van der Waals surface area contributed by atoms with E-state index >= 15 is 0 Å². The van der Waals surface area contributed by atoms with Crippen LogP contribution >= 0.6 is 0 Å². The molecule has 1 N–H and O–H groups in total. The van der Waals surface area contributed by atoms with Crippen LogP contribution in [-0.2, 0) is 10.0 Å². The molecular weight excluding hydrogens is 368 g/mol. The smallest absolute Gasteiger partial charge is 0.264 e. The molecule has 8 heteroatoms. The highest BCUT2D eigenvalue weighted by Crippen LogP contribution is 2.36. The van der Waals surface area contributed by atoms with Gasteiger partial charge in [0.2, 0.25) is 0 Å². The van der Waals surface area contributed by atoms with Gasteiger partial charge in [0.1, 0.15) is 0 Å². The Kier molecular flexibility index (Phi) is 6.32. The summed E-state index contributed by atoms with van der Waals surface area (Å²) >= 11 is 0. The minimum atomic E-state index is -3.87. The number of hydrogen-bond acceptors (Lipinski definition) is 5. The number of nitrogens with zero attached hydrogens (tertiary/aromatic N) is 1. The zero-order valence-electron chi connectivity index (χ0n) is 16.1. The third-order valence-corrected chi connectivity index (χ3v) is 5.89. The Morgan fingerprint density at radius 2 is 1.63 bits per heavy atom. The van der Waals surface area contributed by atoms with Gasteiger partial charge in [0.05, 0.1) is 30.4 Å². The van der Waals surface area contributed by atoms with Gasteiger partial charge in [-0.15, -0.1) is 0 Å². The van der Waals surface area contributed by atoms with Gasteiger partial charge in [-0.2, -0.15) is 0 Å². The molecule has 0 aliphatic carbocycles. The fourth-order valence-electron chi connectivity index (χ4n) is 2.56. The van der Waals surface area contributed by atoms with Gasteiger partial charge in [-0.25, -0.2) is 8.42 Å². The maximum Gasteiger partial charge on any atom is 0.264 e. The topological polar surface area (TPSA) is 84.9 Å². The van der Waals surface area contributed by atoms with Crippen LogP contribution in [0.1, 0.15) is 22.8 Å². The molecule has 146 valence electrons. The molecule has 0 unspecified atom stereocenters. The molecular formula is C19H24N2O5S. The van der Waals surface area contributed by atoms with Crippen LogP contribution in [0.2, 0.25) is 0 Å². The summed E-state index contributed by atoms with van der Waals surface area (Å²) in [7, 11) is 0.431. The molecule has 1 amide bonds.